The van der Waals surface area contributed by atoms with Gasteiger partial charge in [-0.3, -0.25) is 9.97 Å². The van der Waals surface area contributed by atoms with Crippen LogP contribution in [0.2, 0.25) is 15.1 Å². The first-order valence-corrected chi connectivity index (χ1v) is 16.8. The number of aromatic hydroxyl groups is 2. The molecule has 0 aliphatic rings. The van der Waals surface area contributed by atoms with Crippen LogP contribution in [0.5, 0.6) is 11.5 Å². The Morgan fingerprint density at radius 1 is 0.655 bits per heavy atom. The molecule has 7 N–H and O–H groups in total. The van der Waals surface area contributed by atoms with Gasteiger partial charge in [0.05, 0.1) is 51.0 Å². The molecule has 0 amide bonds. The number of benzene rings is 4. The summed E-state index contributed by atoms with van der Waals surface area (Å²) in [6, 6.07) is 19.1. The molecular weight excluding hydrogens is 775 g/mol. The summed E-state index contributed by atoms with van der Waals surface area (Å²) in [5.41, 5.74) is 8.20. The number of carboxylic acid groups (broad SMARTS) is 2. The van der Waals surface area contributed by atoms with Crippen LogP contribution in [0, 0.1) is 0 Å². The van der Waals surface area contributed by atoms with Crippen molar-refractivity contribution in [1.29, 1.82) is 0 Å². The van der Waals surface area contributed by atoms with Crippen molar-refractivity contribution < 1.29 is 38.8 Å². The molecule has 0 radical (unpaired) electrons. The molecule has 14 nitrogen and oxygen atoms in total. The zero-order valence-corrected chi connectivity index (χ0v) is 30.1. The molecule has 0 aliphatic heterocycles. The van der Waals surface area contributed by atoms with E-state index in [9.17, 15) is 19.8 Å². The number of fused-ring (bicyclic) bond motifs is 2. The Kier molecular flexibility index (Phi) is 11.3. The number of oxazole rings is 2. The Morgan fingerprint density at radius 3 is 1.73 bits per heavy atom. The first-order chi connectivity index (χ1) is 26.4. The van der Waals surface area contributed by atoms with Crippen molar-refractivity contribution in [1.82, 2.24) is 19.9 Å². The van der Waals surface area contributed by atoms with Crippen molar-refractivity contribution in [2.75, 3.05) is 11.1 Å². The highest BCUT2D eigenvalue weighted by Crippen LogP contribution is 2.38. The van der Waals surface area contributed by atoms with E-state index in [1.54, 1.807) is 61.1 Å². The number of pyridine rings is 2. The molecule has 0 saturated carbocycles. The molecule has 276 valence electrons. The van der Waals surface area contributed by atoms with Crippen LogP contribution in [-0.4, -0.2) is 52.3 Å². The number of nitrogens with zero attached hydrogens (tertiary/aromatic N) is 4. The molecule has 8 aromatic rings. The van der Waals surface area contributed by atoms with Gasteiger partial charge < -0.3 is 40.3 Å². The van der Waals surface area contributed by atoms with Gasteiger partial charge in [-0.05, 0) is 60.7 Å². The van der Waals surface area contributed by atoms with Gasteiger partial charge in [0.1, 0.15) is 35.2 Å². The van der Waals surface area contributed by atoms with Crippen molar-refractivity contribution >= 4 is 85.6 Å². The molecule has 0 unspecified atom stereocenters. The van der Waals surface area contributed by atoms with Gasteiger partial charge in [0.2, 0.25) is 11.8 Å². The third-order valence-electron chi connectivity index (χ3n) is 7.72. The Bertz CT molecular complexity index is 2650. The number of anilines is 3. The minimum atomic E-state index is -1.26. The van der Waals surface area contributed by atoms with Crippen molar-refractivity contribution in [3.8, 4) is 34.4 Å². The minimum Gasteiger partial charge on any atom is -0.507 e. The van der Waals surface area contributed by atoms with Crippen molar-refractivity contribution in [2.24, 2.45) is 0 Å². The zero-order valence-electron chi connectivity index (χ0n) is 27.8. The van der Waals surface area contributed by atoms with Gasteiger partial charge in [-0.2, -0.15) is 0 Å². The van der Waals surface area contributed by atoms with Gasteiger partial charge in [0.25, 0.3) is 0 Å². The van der Waals surface area contributed by atoms with Gasteiger partial charge in [0, 0.05) is 38.9 Å². The predicted molar refractivity (Wildman–Crippen MR) is 207 cm³/mol. The molecule has 0 saturated heterocycles. The van der Waals surface area contributed by atoms with E-state index in [2.05, 4.69) is 25.3 Å². The van der Waals surface area contributed by atoms with Crippen LogP contribution < -0.4 is 11.1 Å². The number of phenols is 2. The van der Waals surface area contributed by atoms with E-state index >= 15 is 0 Å². The highest BCUT2D eigenvalue weighted by molar-refractivity contribution is 6.39. The zero-order chi connectivity index (χ0) is 39.2. The molecule has 17 heteroatoms. The Morgan fingerprint density at radius 2 is 1.18 bits per heavy atom. The Labute approximate surface area is 325 Å². The van der Waals surface area contributed by atoms with Gasteiger partial charge in [-0.1, -0.05) is 46.9 Å². The second-order valence-corrected chi connectivity index (χ2v) is 12.5. The first-order valence-electron chi connectivity index (χ1n) is 15.7. The average Bonchev–Trinajstić information content (AvgIpc) is 3.89. The quantitative estimate of drug-likeness (QED) is 0.0860. The lowest BCUT2D eigenvalue weighted by Gasteiger charge is -2.15. The fourth-order valence-electron chi connectivity index (χ4n) is 5.25. The fraction of sp³-hybridized carbons (Fsp3) is 0. The molecule has 4 aromatic carbocycles. The van der Waals surface area contributed by atoms with E-state index in [1.807, 2.05) is 6.07 Å². The summed E-state index contributed by atoms with van der Waals surface area (Å²) in [6.45, 7) is 0. The van der Waals surface area contributed by atoms with Crippen molar-refractivity contribution in [3.63, 3.8) is 0 Å². The van der Waals surface area contributed by atoms with E-state index < -0.39 is 11.9 Å². The maximum absolute atomic E-state index is 11.6. The minimum absolute atomic E-state index is 0.0671. The van der Waals surface area contributed by atoms with Crippen LogP contribution in [0.1, 0.15) is 20.7 Å². The first kappa shape index (κ1) is 37.9. The Balaban J connectivity index is 0.000000156. The molecule has 0 spiro atoms. The molecule has 55 heavy (non-hydrogen) atoms. The van der Waals surface area contributed by atoms with E-state index in [1.165, 1.54) is 43.0 Å². The van der Waals surface area contributed by atoms with E-state index in [-0.39, 0.29) is 34.0 Å². The lowest BCUT2D eigenvalue weighted by Crippen LogP contribution is -2.04. The second kappa shape index (κ2) is 16.4. The van der Waals surface area contributed by atoms with Gasteiger partial charge >= 0.3 is 11.9 Å². The number of nitrogens with one attached hydrogen (secondary N) is 1. The van der Waals surface area contributed by atoms with Crippen LogP contribution in [0.25, 0.3) is 44.7 Å². The lowest BCUT2D eigenvalue weighted by molar-refractivity contribution is 0.0683. The number of aromatic carboxylic acids is 2. The number of nitrogen functional groups attached to an aromatic ring is 1. The van der Waals surface area contributed by atoms with Crippen molar-refractivity contribution in [3.05, 3.63) is 136 Å². The normalized spacial score (nSPS) is 10.6. The van der Waals surface area contributed by atoms with Crippen LogP contribution in [-0.2, 0) is 0 Å². The van der Waals surface area contributed by atoms with E-state index in [0.717, 1.165) is 10.9 Å². The predicted octanol–water partition coefficient (Wildman–Crippen LogP) is 9.56. The average molecular weight is 800 g/mol. The topological polar surface area (TPSA) is 231 Å². The molecule has 0 atom stereocenters. The molecule has 8 rings (SSSR count). The highest BCUT2D eigenvalue weighted by Gasteiger charge is 2.20. The molecule has 4 aromatic heterocycles. The van der Waals surface area contributed by atoms with Crippen LogP contribution >= 0.6 is 34.8 Å². The molecule has 0 fully saturated rings. The van der Waals surface area contributed by atoms with Crippen molar-refractivity contribution in [2.45, 2.75) is 0 Å². The summed E-state index contributed by atoms with van der Waals surface area (Å²) in [7, 11) is 0. The largest absolute Gasteiger partial charge is 0.507 e. The second-order valence-electron chi connectivity index (χ2n) is 11.2. The SMILES string of the molecule is Clc1ccc2ncc(-c3ncco3)c(Cl)c2c1.Nc1cccc(O)c1C(=O)O.O=C(O)c1c(O)cccc1Nc1c(-c2ncco2)cnc2ccc(Cl)cc12. The van der Waals surface area contributed by atoms with Crippen LogP contribution in [0.3, 0.4) is 0 Å². The smallest absolute Gasteiger partial charge is 0.341 e. The Hall–Kier alpha value is -6.87. The van der Waals surface area contributed by atoms with Gasteiger partial charge in [0.15, 0.2) is 0 Å². The summed E-state index contributed by atoms with van der Waals surface area (Å²) in [4.78, 5) is 38.9. The number of hydrogen-bond acceptors (Lipinski definition) is 12. The van der Waals surface area contributed by atoms with Gasteiger partial charge in [-0.15, -0.1) is 0 Å². The standard InChI is InChI=1S/C19H12ClN3O4.C12H6Cl2N2O.C7H7NO3/c20-10-4-5-13-11(8-10)17(12(9-22-13)18-21-6-7-27-18)23-14-2-1-3-15(24)16(14)19(25)26;13-7-1-2-10-8(5-7)11(14)9(6-16-10)12-15-3-4-17-12;8-4-2-1-3-5(9)6(4)7(10)11/h1-9,24H,(H,22,23)(H,25,26);1-6H;1-3,9H,8H2,(H,10,11). The summed E-state index contributed by atoms with van der Waals surface area (Å²) in [6.07, 6.45) is 9.20. The number of carbonyl (C=O) groups is 2. The number of aromatic nitrogens is 4. The summed E-state index contributed by atoms with van der Waals surface area (Å²) in [5.74, 6) is -2.38. The number of hydrogen-bond donors (Lipinski definition) is 6. The molecule has 0 aliphatic carbocycles. The third kappa shape index (κ3) is 8.36. The molecular formula is C38H25Cl3N6O8. The fourth-order valence-corrected chi connectivity index (χ4v) is 5.88. The number of carboxylic acids is 2. The third-order valence-corrected chi connectivity index (χ3v) is 8.60. The lowest BCUT2D eigenvalue weighted by atomic mass is 10.1. The summed E-state index contributed by atoms with van der Waals surface area (Å²) in [5, 5.41) is 43.1. The number of halogens is 3. The van der Waals surface area contributed by atoms with Crippen LogP contribution in [0.4, 0.5) is 17.1 Å². The monoisotopic (exact) mass is 798 g/mol. The summed E-state index contributed by atoms with van der Waals surface area (Å²) >= 11 is 18.4. The maximum Gasteiger partial charge on any atom is 0.341 e. The van der Waals surface area contributed by atoms with E-state index in [4.69, 9.17) is 59.6 Å². The summed E-state index contributed by atoms with van der Waals surface area (Å²) < 4.78 is 10.6. The molecule has 0 bridgehead atoms. The highest BCUT2D eigenvalue weighted by atomic mass is 35.5. The van der Waals surface area contributed by atoms with E-state index in [0.29, 0.717) is 54.6 Å². The number of nitrogens with two attached hydrogens (primary N) is 1. The van der Waals surface area contributed by atoms with Crippen LogP contribution in [0.15, 0.2) is 119 Å². The van der Waals surface area contributed by atoms with Gasteiger partial charge in [-0.25, -0.2) is 19.6 Å². The molecule has 4 heterocycles. The maximum atomic E-state index is 11.6. The number of rotatable bonds is 6.